The molecule has 0 bridgehead atoms. The Hall–Kier alpha value is 0.0395. The van der Waals surface area contributed by atoms with E-state index in [1.165, 1.54) is 63.1 Å². The van der Waals surface area contributed by atoms with Crippen molar-refractivity contribution in [1.82, 2.24) is 0 Å². The van der Waals surface area contributed by atoms with Crippen LogP contribution in [0.5, 0.6) is 0 Å². The molecule has 1 N–H and O–H groups in total. The number of hydrogen-bond donors (Lipinski definition) is 1. The second kappa shape index (κ2) is 17.0. The Morgan fingerprint density at radius 2 is 1.50 bits per heavy atom. The number of aliphatic hydroxyl groups is 1. The van der Waals surface area contributed by atoms with E-state index in [1.54, 1.807) is 0 Å². The Morgan fingerprint density at radius 3 is 2.28 bits per heavy atom. The molecule has 0 aromatic carbocycles. The first-order chi connectivity index (χ1) is 8.91. The molecule has 0 fully saturated rings. The molecular weight excluding hydrogens is 287 g/mol. The predicted octanol–water partition coefficient (Wildman–Crippen LogP) is 4.37. The van der Waals surface area contributed by atoms with Crippen molar-refractivity contribution in [1.29, 1.82) is 0 Å². The molecule has 0 radical (unpaired) electrons. The van der Waals surface area contributed by atoms with Gasteiger partial charge in [0.15, 0.2) is 0 Å². The van der Waals surface area contributed by atoms with Crippen LogP contribution >= 0.6 is 0 Å². The summed E-state index contributed by atoms with van der Waals surface area (Å²) in [4.78, 5) is 3.34. The van der Waals surface area contributed by atoms with Gasteiger partial charge in [-0.3, -0.25) is 0 Å². The molecule has 0 unspecified atom stereocenters. The average molecular weight is 317 g/mol. The number of rotatable bonds is 12. The summed E-state index contributed by atoms with van der Waals surface area (Å²) in [6.45, 7) is 2.61. The van der Waals surface area contributed by atoms with Crippen LogP contribution in [0.1, 0.15) is 77.6 Å². The van der Waals surface area contributed by atoms with E-state index < -0.39 is 0 Å². The zero-order chi connectivity index (χ0) is 13.3. The molecule has 0 aliphatic rings. The van der Waals surface area contributed by atoms with Gasteiger partial charge in [-0.05, 0) is 0 Å². The summed E-state index contributed by atoms with van der Waals surface area (Å²) in [6, 6.07) is 0. The molecule has 0 aliphatic heterocycles. The van der Waals surface area contributed by atoms with Gasteiger partial charge < -0.3 is 0 Å². The van der Waals surface area contributed by atoms with Gasteiger partial charge in [0.1, 0.15) is 0 Å². The van der Waals surface area contributed by atoms with Crippen LogP contribution in [-0.4, -0.2) is 26.7 Å². The van der Waals surface area contributed by atoms with E-state index in [-0.39, 0.29) is 0 Å². The van der Waals surface area contributed by atoms with E-state index in [0.29, 0.717) is 21.6 Å². The van der Waals surface area contributed by atoms with Crippen molar-refractivity contribution < 1.29 is 5.11 Å². The number of hydrogen-bond acceptors (Lipinski definition) is 1. The molecule has 0 aliphatic carbocycles. The van der Waals surface area contributed by atoms with Gasteiger partial charge >= 0.3 is 120 Å². The van der Waals surface area contributed by atoms with Gasteiger partial charge in [-0.25, -0.2) is 0 Å². The zero-order valence-corrected chi connectivity index (χ0v) is 13.8. The van der Waals surface area contributed by atoms with E-state index in [2.05, 4.69) is 17.7 Å². The molecule has 18 heavy (non-hydrogen) atoms. The SMILES string of the molecule is CCCCCCCCC#C[Se]CCCCCCO. The fourth-order valence-corrected chi connectivity index (χ4v) is 3.16. The first kappa shape index (κ1) is 18.0. The normalized spacial score (nSPS) is 10.1. The summed E-state index contributed by atoms with van der Waals surface area (Å²) in [5.74, 6) is 3.32. The van der Waals surface area contributed by atoms with Crippen LogP contribution in [0.25, 0.3) is 0 Å². The topological polar surface area (TPSA) is 20.2 Å². The average Bonchev–Trinajstić information content (AvgIpc) is 2.39. The molecule has 0 spiro atoms. The van der Waals surface area contributed by atoms with Crippen molar-refractivity contribution in [3.63, 3.8) is 0 Å². The Kier molecular flexibility index (Phi) is 17.1. The molecule has 0 heterocycles. The van der Waals surface area contributed by atoms with Crippen LogP contribution in [-0.2, 0) is 0 Å². The third kappa shape index (κ3) is 16.0. The van der Waals surface area contributed by atoms with Crippen molar-refractivity contribution in [3.8, 4) is 10.7 Å². The third-order valence-corrected chi connectivity index (χ3v) is 4.59. The monoisotopic (exact) mass is 318 g/mol. The van der Waals surface area contributed by atoms with E-state index in [9.17, 15) is 0 Å². The molecular formula is C16H30OSe. The van der Waals surface area contributed by atoms with Crippen LogP contribution in [0.15, 0.2) is 0 Å². The number of aliphatic hydroxyl groups excluding tert-OH is 1. The van der Waals surface area contributed by atoms with Gasteiger partial charge in [-0.1, -0.05) is 0 Å². The van der Waals surface area contributed by atoms with E-state index in [0.717, 1.165) is 12.8 Å². The standard InChI is InChI=1S/C16H30OSe/c1-2-3-4-5-6-7-9-12-15-18-16-13-10-8-11-14-17/h17H,2-11,13-14,16H2,1H3. The second-order valence-corrected chi connectivity index (χ2v) is 6.67. The third-order valence-electron chi connectivity index (χ3n) is 2.95. The van der Waals surface area contributed by atoms with Crippen LogP contribution in [0.3, 0.4) is 0 Å². The Bertz CT molecular complexity index is 185. The van der Waals surface area contributed by atoms with Gasteiger partial charge in [-0.2, -0.15) is 0 Å². The van der Waals surface area contributed by atoms with Crippen LogP contribution in [0, 0.1) is 10.7 Å². The molecule has 0 aromatic heterocycles. The van der Waals surface area contributed by atoms with E-state index in [1.807, 2.05) is 0 Å². The van der Waals surface area contributed by atoms with E-state index >= 15 is 0 Å². The Labute approximate surface area is 120 Å². The summed E-state index contributed by atoms with van der Waals surface area (Å²) in [6.07, 6.45) is 14.0. The van der Waals surface area contributed by atoms with Crippen LogP contribution in [0.4, 0.5) is 0 Å². The minimum atomic E-state index is 0.350. The van der Waals surface area contributed by atoms with Crippen molar-refractivity contribution in [3.05, 3.63) is 0 Å². The summed E-state index contributed by atoms with van der Waals surface area (Å²) >= 11 is 0.543. The summed E-state index contributed by atoms with van der Waals surface area (Å²) in [5, 5.41) is 9.93. The molecule has 1 nitrogen and oxygen atoms in total. The summed E-state index contributed by atoms with van der Waals surface area (Å²) < 4.78 is 0. The molecule has 0 saturated heterocycles. The van der Waals surface area contributed by atoms with E-state index in [4.69, 9.17) is 5.11 Å². The van der Waals surface area contributed by atoms with Gasteiger partial charge in [0, 0.05) is 0 Å². The Morgan fingerprint density at radius 1 is 0.833 bits per heavy atom. The van der Waals surface area contributed by atoms with Crippen LogP contribution in [0.2, 0.25) is 5.32 Å². The Balaban J connectivity index is 3.05. The van der Waals surface area contributed by atoms with Gasteiger partial charge in [0.05, 0.1) is 0 Å². The maximum atomic E-state index is 8.64. The maximum absolute atomic E-state index is 8.64. The predicted molar refractivity (Wildman–Crippen MR) is 81.9 cm³/mol. The first-order valence-electron chi connectivity index (χ1n) is 7.62. The second-order valence-electron chi connectivity index (χ2n) is 4.78. The fraction of sp³-hybridized carbons (Fsp3) is 0.875. The molecule has 2 heteroatoms. The first-order valence-corrected chi connectivity index (χ1v) is 9.69. The van der Waals surface area contributed by atoms with Crippen molar-refractivity contribution in [2.45, 2.75) is 82.9 Å². The van der Waals surface area contributed by atoms with Gasteiger partial charge in [-0.15, -0.1) is 0 Å². The van der Waals surface area contributed by atoms with Crippen molar-refractivity contribution in [2.24, 2.45) is 0 Å². The molecule has 0 amide bonds. The number of unbranched alkanes of at least 4 members (excludes halogenated alkanes) is 9. The molecule has 0 atom stereocenters. The van der Waals surface area contributed by atoms with Gasteiger partial charge in [0.2, 0.25) is 0 Å². The van der Waals surface area contributed by atoms with Crippen molar-refractivity contribution in [2.75, 3.05) is 6.61 Å². The molecule has 0 aromatic rings. The van der Waals surface area contributed by atoms with Gasteiger partial charge in [0.25, 0.3) is 0 Å². The molecule has 0 saturated carbocycles. The summed E-state index contributed by atoms with van der Waals surface area (Å²) in [5.41, 5.74) is 0. The van der Waals surface area contributed by atoms with Crippen molar-refractivity contribution >= 4 is 15.0 Å². The van der Waals surface area contributed by atoms with Crippen LogP contribution < -0.4 is 0 Å². The molecule has 106 valence electrons. The minimum absolute atomic E-state index is 0.350. The molecule has 0 rings (SSSR count). The summed E-state index contributed by atoms with van der Waals surface area (Å²) in [7, 11) is 0. The zero-order valence-electron chi connectivity index (χ0n) is 12.0. The quantitative estimate of drug-likeness (QED) is 0.322. The fourth-order valence-electron chi connectivity index (χ4n) is 1.79.